The maximum Gasteiger partial charge on any atom is 0.257 e. The van der Waals surface area contributed by atoms with Gasteiger partial charge in [-0.05, 0) is 54.1 Å². The number of halogens is 1. The molecular weight excluding hydrogens is 445 g/mol. The van der Waals surface area contributed by atoms with Gasteiger partial charge >= 0.3 is 0 Å². The summed E-state index contributed by atoms with van der Waals surface area (Å²) >= 11 is 1.11. The van der Waals surface area contributed by atoms with Crippen molar-refractivity contribution in [1.29, 1.82) is 0 Å². The molecule has 164 valence electrons. The van der Waals surface area contributed by atoms with Crippen LogP contribution in [0.1, 0.15) is 26.3 Å². The summed E-state index contributed by atoms with van der Waals surface area (Å²) in [6.45, 7) is 0. The van der Waals surface area contributed by atoms with E-state index in [9.17, 15) is 24.2 Å². The van der Waals surface area contributed by atoms with Crippen LogP contribution in [0, 0.1) is 5.82 Å². The fraction of sp³-hybridized carbons (Fsp3) is 0. The molecule has 0 aliphatic carbocycles. The van der Waals surface area contributed by atoms with Crippen LogP contribution in [-0.2, 0) is 0 Å². The number of anilines is 1. The van der Waals surface area contributed by atoms with Gasteiger partial charge in [0.05, 0.1) is 5.56 Å². The highest BCUT2D eigenvalue weighted by molar-refractivity contribution is 7.18. The molecule has 0 fully saturated rings. The van der Waals surface area contributed by atoms with E-state index in [0.29, 0.717) is 21.7 Å². The van der Waals surface area contributed by atoms with E-state index < -0.39 is 17.5 Å². The molecule has 0 atom stereocenters. The third-order valence-corrected chi connectivity index (χ3v) is 5.49. The second-order valence-corrected chi connectivity index (χ2v) is 7.85. The van der Waals surface area contributed by atoms with Crippen LogP contribution >= 0.6 is 11.3 Å². The van der Waals surface area contributed by atoms with Crippen molar-refractivity contribution in [1.82, 2.24) is 10.2 Å². The zero-order valence-corrected chi connectivity index (χ0v) is 17.7. The van der Waals surface area contributed by atoms with Crippen LogP contribution in [0.3, 0.4) is 0 Å². The molecule has 4 aromatic rings. The number of phenolic OH excluding ortho intramolecular Hbond substituents is 2. The van der Waals surface area contributed by atoms with Crippen molar-refractivity contribution in [2.24, 2.45) is 0 Å². The first kappa shape index (κ1) is 21.8. The molecule has 3 N–H and O–H groups in total. The number of aromatic hydroxyl groups is 2. The Morgan fingerprint density at radius 3 is 2.42 bits per heavy atom. The van der Waals surface area contributed by atoms with E-state index in [-0.39, 0.29) is 22.2 Å². The highest BCUT2D eigenvalue weighted by Gasteiger charge is 2.13. The number of hydrogen-bond donors (Lipinski definition) is 3. The lowest BCUT2D eigenvalue weighted by atomic mass is 10.1. The largest absolute Gasteiger partial charge is 0.504 e. The predicted octanol–water partition coefficient (Wildman–Crippen LogP) is 4.90. The minimum Gasteiger partial charge on any atom is -0.504 e. The summed E-state index contributed by atoms with van der Waals surface area (Å²) in [7, 11) is 0. The van der Waals surface area contributed by atoms with E-state index in [1.54, 1.807) is 42.5 Å². The van der Waals surface area contributed by atoms with Gasteiger partial charge in [0.2, 0.25) is 5.13 Å². The number of hydrogen-bond acceptors (Lipinski definition) is 7. The number of aromatic nitrogens is 2. The maximum atomic E-state index is 13.7. The Morgan fingerprint density at radius 1 is 0.939 bits per heavy atom. The molecule has 0 aliphatic rings. The first-order valence-corrected chi connectivity index (χ1v) is 10.5. The summed E-state index contributed by atoms with van der Waals surface area (Å²) in [6, 6.07) is 16.5. The Morgan fingerprint density at radius 2 is 1.70 bits per heavy atom. The molecule has 0 radical (unpaired) electrons. The molecule has 1 aromatic heterocycles. The van der Waals surface area contributed by atoms with E-state index in [0.717, 1.165) is 11.3 Å². The fourth-order valence-corrected chi connectivity index (χ4v) is 3.62. The monoisotopic (exact) mass is 461 g/mol. The zero-order valence-electron chi connectivity index (χ0n) is 16.9. The summed E-state index contributed by atoms with van der Waals surface area (Å²) in [4.78, 5) is 24.6. The van der Waals surface area contributed by atoms with Gasteiger partial charge in [-0.3, -0.25) is 14.9 Å². The SMILES string of the molecule is O=C(Nc1nnc(-c2ccc(O)c(O)c2)s1)c1ccc(/C=C/C(=O)c2ccccc2F)cc1. The van der Waals surface area contributed by atoms with Gasteiger partial charge in [0.15, 0.2) is 17.3 Å². The van der Waals surface area contributed by atoms with Crippen molar-refractivity contribution < 1.29 is 24.2 Å². The second kappa shape index (κ2) is 9.41. The molecule has 0 unspecified atom stereocenters. The number of carbonyl (C=O) groups is 2. The minimum atomic E-state index is -0.582. The van der Waals surface area contributed by atoms with E-state index in [2.05, 4.69) is 15.5 Å². The van der Waals surface area contributed by atoms with Crippen LogP contribution in [0.5, 0.6) is 11.5 Å². The van der Waals surface area contributed by atoms with E-state index in [1.165, 1.54) is 36.4 Å². The molecule has 0 saturated carbocycles. The van der Waals surface area contributed by atoms with Crippen LogP contribution in [0.25, 0.3) is 16.6 Å². The zero-order chi connectivity index (χ0) is 23.4. The number of benzene rings is 3. The molecule has 3 aromatic carbocycles. The predicted molar refractivity (Wildman–Crippen MR) is 123 cm³/mol. The van der Waals surface area contributed by atoms with Crippen LogP contribution < -0.4 is 5.32 Å². The summed E-state index contributed by atoms with van der Waals surface area (Å²) in [5, 5.41) is 30.3. The van der Waals surface area contributed by atoms with Crippen LogP contribution in [0.15, 0.2) is 72.8 Å². The number of amides is 1. The summed E-state index contributed by atoms with van der Waals surface area (Å²) in [6.07, 6.45) is 2.82. The highest BCUT2D eigenvalue weighted by atomic mass is 32.1. The standard InChI is InChI=1S/C24H16FN3O4S/c25-18-4-2-1-3-17(18)19(29)11-7-14-5-8-15(9-6-14)22(32)26-24-28-27-23(33-24)16-10-12-20(30)21(31)13-16/h1-13,30-31H,(H,26,28,32)/b11-7+. The third kappa shape index (κ3) is 5.10. The topological polar surface area (TPSA) is 112 Å². The van der Waals surface area contributed by atoms with Crippen LogP contribution in [0.4, 0.5) is 9.52 Å². The van der Waals surface area contributed by atoms with Gasteiger partial charge in [0, 0.05) is 11.1 Å². The molecule has 7 nitrogen and oxygen atoms in total. The van der Waals surface area contributed by atoms with E-state index in [1.807, 2.05) is 0 Å². The molecular formula is C24H16FN3O4S. The van der Waals surface area contributed by atoms with Gasteiger partial charge in [-0.15, -0.1) is 10.2 Å². The molecule has 1 amide bonds. The van der Waals surface area contributed by atoms with Crippen molar-refractivity contribution in [2.45, 2.75) is 0 Å². The van der Waals surface area contributed by atoms with Crippen molar-refractivity contribution in [3.8, 4) is 22.1 Å². The van der Waals surface area contributed by atoms with E-state index >= 15 is 0 Å². The number of nitrogens with one attached hydrogen (secondary N) is 1. The average molecular weight is 461 g/mol. The molecule has 33 heavy (non-hydrogen) atoms. The van der Waals surface area contributed by atoms with Gasteiger partial charge in [-0.1, -0.05) is 41.7 Å². The fourth-order valence-electron chi connectivity index (χ4n) is 2.88. The molecule has 0 aliphatic heterocycles. The molecule has 0 saturated heterocycles. The number of nitrogens with zero attached hydrogens (tertiary/aromatic N) is 2. The Kier molecular flexibility index (Phi) is 6.23. The lowest BCUT2D eigenvalue weighted by molar-refractivity contribution is 0.102. The van der Waals surface area contributed by atoms with Crippen molar-refractivity contribution >= 4 is 34.2 Å². The number of rotatable bonds is 6. The number of phenols is 2. The Balaban J connectivity index is 1.40. The summed E-state index contributed by atoms with van der Waals surface area (Å²) < 4.78 is 13.7. The van der Waals surface area contributed by atoms with Crippen molar-refractivity contribution in [3.05, 3.63) is 95.3 Å². The molecule has 4 rings (SSSR count). The van der Waals surface area contributed by atoms with Gasteiger partial charge in [0.25, 0.3) is 5.91 Å². The Labute approximate surface area is 191 Å². The quantitative estimate of drug-likeness (QED) is 0.214. The van der Waals surface area contributed by atoms with Crippen molar-refractivity contribution in [3.63, 3.8) is 0 Å². The number of carbonyl (C=O) groups excluding carboxylic acids is 2. The summed E-state index contributed by atoms with van der Waals surface area (Å²) in [5.74, 6) is -1.96. The third-order valence-electron chi connectivity index (χ3n) is 4.61. The second-order valence-electron chi connectivity index (χ2n) is 6.87. The molecule has 0 bridgehead atoms. The van der Waals surface area contributed by atoms with Crippen molar-refractivity contribution in [2.75, 3.05) is 5.32 Å². The van der Waals surface area contributed by atoms with Crippen LogP contribution in [0.2, 0.25) is 0 Å². The van der Waals surface area contributed by atoms with Gasteiger partial charge in [-0.2, -0.15) is 0 Å². The van der Waals surface area contributed by atoms with E-state index in [4.69, 9.17) is 0 Å². The normalized spacial score (nSPS) is 10.9. The molecule has 0 spiro atoms. The smallest absolute Gasteiger partial charge is 0.257 e. The van der Waals surface area contributed by atoms with Crippen LogP contribution in [-0.4, -0.2) is 32.1 Å². The number of ketones is 1. The Hall–Kier alpha value is -4.37. The minimum absolute atomic E-state index is 0.0105. The summed E-state index contributed by atoms with van der Waals surface area (Å²) in [5.41, 5.74) is 1.57. The number of allylic oxidation sites excluding steroid dienone is 1. The average Bonchev–Trinajstić information content (AvgIpc) is 3.28. The first-order valence-electron chi connectivity index (χ1n) is 9.65. The lowest BCUT2D eigenvalue weighted by Gasteiger charge is -2.02. The maximum absolute atomic E-state index is 13.7. The lowest BCUT2D eigenvalue weighted by Crippen LogP contribution is -2.11. The first-order chi connectivity index (χ1) is 15.9. The Bertz CT molecular complexity index is 1370. The van der Waals surface area contributed by atoms with Gasteiger partial charge in [-0.25, -0.2) is 4.39 Å². The highest BCUT2D eigenvalue weighted by Crippen LogP contribution is 2.33. The molecule has 9 heteroatoms. The molecule has 1 heterocycles. The van der Waals surface area contributed by atoms with Gasteiger partial charge in [0.1, 0.15) is 10.8 Å². The van der Waals surface area contributed by atoms with Gasteiger partial charge < -0.3 is 10.2 Å².